The van der Waals surface area contributed by atoms with Gasteiger partial charge in [0.15, 0.2) is 0 Å². The standard InChI is InChI=1S/C14H22N2.2ClH/c1-11-4-5-14(12(2)10-11)13(3)16-8-6-15-7-9-16;;/h4-5,10,13,15H,6-9H2,1-3H3;2*1H/t13-;;/m0../s1. The van der Waals surface area contributed by atoms with Crippen LogP contribution in [0.25, 0.3) is 0 Å². The molecule has 1 N–H and O–H groups in total. The predicted octanol–water partition coefficient (Wildman–Crippen LogP) is 3.11. The monoisotopic (exact) mass is 290 g/mol. The number of nitrogens with zero attached hydrogens (tertiary/aromatic N) is 1. The lowest BCUT2D eigenvalue weighted by atomic mass is 9.99. The van der Waals surface area contributed by atoms with Crippen LogP contribution in [0, 0.1) is 13.8 Å². The Morgan fingerprint density at radius 2 is 1.72 bits per heavy atom. The van der Waals surface area contributed by atoms with Gasteiger partial charge in [-0.1, -0.05) is 23.8 Å². The molecule has 1 aromatic rings. The minimum Gasteiger partial charge on any atom is -0.314 e. The molecular weight excluding hydrogens is 267 g/mol. The molecule has 0 spiro atoms. The maximum atomic E-state index is 3.40. The fourth-order valence-electron chi connectivity index (χ4n) is 2.56. The molecule has 4 heteroatoms. The quantitative estimate of drug-likeness (QED) is 0.900. The minimum absolute atomic E-state index is 0. The van der Waals surface area contributed by atoms with Crippen molar-refractivity contribution in [1.29, 1.82) is 0 Å². The molecule has 0 radical (unpaired) electrons. The molecule has 1 aliphatic rings. The van der Waals surface area contributed by atoms with Crippen molar-refractivity contribution in [1.82, 2.24) is 10.2 Å². The number of hydrogen-bond donors (Lipinski definition) is 1. The van der Waals surface area contributed by atoms with Gasteiger partial charge >= 0.3 is 0 Å². The van der Waals surface area contributed by atoms with Crippen molar-refractivity contribution >= 4 is 24.8 Å². The molecule has 0 unspecified atom stereocenters. The molecule has 18 heavy (non-hydrogen) atoms. The third-order valence-electron chi connectivity index (χ3n) is 3.57. The third kappa shape index (κ3) is 4.13. The maximum Gasteiger partial charge on any atom is 0.0323 e. The lowest BCUT2D eigenvalue weighted by Crippen LogP contribution is -2.44. The Bertz CT molecular complexity index is 363. The largest absolute Gasteiger partial charge is 0.314 e. The summed E-state index contributed by atoms with van der Waals surface area (Å²) in [7, 11) is 0. The average Bonchev–Trinajstić information content (AvgIpc) is 2.29. The van der Waals surface area contributed by atoms with Gasteiger partial charge in [0.2, 0.25) is 0 Å². The van der Waals surface area contributed by atoms with Crippen molar-refractivity contribution in [2.75, 3.05) is 26.2 Å². The van der Waals surface area contributed by atoms with Crippen molar-refractivity contribution in [2.24, 2.45) is 0 Å². The zero-order chi connectivity index (χ0) is 11.5. The third-order valence-corrected chi connectivity index (χ3v) is 3.57. The molecule has 1 aliphatic heterocycles. The van der Waals surface area contributed by atoms with Crippen LogP contribution in [0.4, 0.5) is 0 Å². The minimum atomic E-state index is 0. The number of piperazine rings is 1. The first kappa shape index (κ1) is 17.7. The van der Waals surface area contributed by atoms with Gasteiger partial charge in [0, 0.05) is 32.2 Å². The van der Waals surface area contributed by atoms with Gasteiger partial charge in [-0.3, -0.25) is 4.90 Å². The van der Waals surface area contributed by atoms with Gasteiger partial charge in [-0.25, -0.2) is 0 Å². The Hall–Kier alpha value is -0.280. The van der Waals surface area contributed by atoms with Crippen LogP contribution < -0.4 is 5.32 Å². The van der Waals surface area contributed by atoms with Gasteiger partial charge < -0.3 is 5.32 Å². The van der Waals surface area contributed by atoms with Crippen LogP contribution in [0.1, 0.15) is 29.7 Å². The highest BCUT2D eigenvalue weighted by atomic mass is 35.5. The zero-order valence-corrected chi connectivity index (χ0v) is 13.0. The molecule has 0 aromatic heterocycles. The number of nitrogens with one attached hydrogen (secondary N) is 1. The second-order valence-corrected chi connectivity index (χ2v) is 4.82. The first-order valence-electron chi connectivity index (χ1n) is 6.20. The van der Waals surface area contributed by atoms with Crippen LogP contribution in [0.2, 0.25) is 0 Å². The van der Waals surface area contributed by atoms with Crippen LogP contribution >= 0.6 is 24.8 Å². The Morgan fingerprint density at radius 1 is 1.11 bits per heavy atom. The highest BCUT2D eigenvalue weighted by molar-refractivity contribution is 5.85. The van der Waals surface area contributed by atoms with Crippen LogP contribution in [-0.2, 0) is 0 Å². The van der Waals surface area contributed by atoms with Crippen molar-refractivity contribution in [3.05, 3.63) is 34.9 Å². The van der Waals surface area contributed by atoms with E-state index in [9.17, 15) is 0 Å². The summed E-state index contributed by atoms with van der Waals surface area (Å²) in [4.78, 5) is 2.56. The molecule has 0 aliphatic carbocycles. The van der Waals surface area contributed by atoms with Gasteiger partial charge in [0.1, 0.15) is 0 Å². The van der Waals surface area contributed by atoms with Gasteiger partial charge in [-0.15, -0.1) is 24.8 Å². The van der Waals surface area contributed by atoms with Crippen LogP contribution in [0.15, 0.2) is 18.2 Å². The second kappa shape index (κ2) is 8.00. The molecule has 1 fully saturated rings. The lowest BCUT2D eigenvalue weighted by Gasteiger charge is -2.33. The van der Waals surface area contributed by atoms with Gasteiger partial charge in [-0.05, 0) is 31.9 Å². The number of hydrogen-bond acceptors (Lipinski definition) is 2. The molecule has 1 aromatic carbocycles. The van der Waals surface area contributed by atoms with Crippen LogP contribution in [-0.4, -0.2) is 31.1 Å². The highest BCUT2D eigenvalue weighted by Gasteiger charge is 2.18. The fourth-order valence-corrected chi connectivity index (χ4v) is 2.56. The number of halogens is 2. The summed E-state index contributed by atoms with van der Waals surface area (Å²) < 4.78 is 0. The summed E-state index contributed by atoms with van der Waals surface area (Å²) in [6, 6.07) is 7.34. The van der Waals surface area contributed by atoms with Crippen LogP contribution in [0.5, 0.6) is 0 Å². The van der Waals surface area contributed by atoms with E-state index in [1.807, 2.05) is 0 Å². The van der Waals surface area contributed by atoms with E-state index in [0.29, 0.717) is 6.04 Å². The van der Waals surface area contributed by atoms with E-state index in [-0.39, 0.29) is 24.8 Å². The number of aryl methyl sites for hydroxylation is 2. The van der Waals surface area contributed by atoms with Crippen molar-refractivity contribution in [3.8, 4) is 0 Å². The summed E-state index contributed by atoms with van der Waals surface area (Å²) in [5, 5.41) is 3.40. The number of rotatable bonds is 2. The molecule has 1 atom stereocenters. The summed E-state index contributed by atoms with van der Waals surface area (Å²) in [6.45, 7) is 11.3. The Kier molecular flexibility index (Phi) is 7.88. The second-order valence-electron chi connectivity index (χ2n) is 4.82. The first-order valence-corrected chi connectivity index (χ1v) is 6.20. The first-order chi connectivity index (χ1) is 7.68. The van der Waals surface area contributed by atoms with Gasteiger partial charge in [0.25, 0.3) is 0 Å². The predicted molar refractivity (Wildman–Crippen MR) is 83.3 cm³/mol. The topological polar surface area (TPSA) is 15.3 Å². The van der Waals surface area contributed by atoms with E-state index in [2.05, 4.69) is 49.2 Å². The SMILES string of the molecule is Cc1ccc([C@H](C)N2CCNCC2)c(C)c1.Cl.Cl. The molecule has 2 nitrogen and oxygen atoms in total. The zero-order valence-electron chi connectivity index (χ0n) is 11.4. The molecule has 104 valence electrons. The highest BCUT2D eigenvalue weighted by Crippen LogP contribution is 2.24. The number of benzene rings is 1. The molecule has 0 bridgehead atoms. The summed E-state index contributed by atoms with van der Waals surface area (Å²) in [6.07, 6.45) is 0. The smallest absolute Gasteiger partial charge is 0.0323 e. The van der Waals surface area contributed by atoms with E-state index in [1.54, 1.807) is 0 Å². The van der Waals surface area contributed by atoms with Crippen molar-refractivity contribution in [2.45, 2.75) is 26.8 Å². The summed E-state index contributed by atoms with van der Waals surface area (Å²) in [5.41, 5.74) is 4.26. The molecule has 1 heterocycles. The van der Waals surface area contributed by atoms with Gasteiger partial charge in [-0.2, -0.15) is 0 Å². The average molecular weight is 291 g/mol. The van der Waals surface area contributed by atoms with E-state index >= 15 is 0 Å². The normalized spacial score (nSPS) is 17.5. The molecule has 1 saturated heterocycles. The Morgan fingerprint density at radius 3 is 2.28 bits per heavy atom. The van der Waals surface area contributed by atoms with Crippen molar-refractivity contribution in [3.63, 3.8) is 0 Å². The van der Waals surface area contributed by atoms with E-state index in [4.69, 9.17) is 0 Å². The van der Waals surface area contributed by atoms with E-state index in [1.165, 1.54) is 16.7 Å². The molecular formula is C14H24Cl2N2. The summed E-state index contributed by atoms with van der Waals surface area (Å²) >= 11 is 0. The Balaban J connectivity index is 0.00000144. The maximum absolute atomic E-state index is 3.40. The Labute approximate surface area is 123 Å². The fraction of sp³-hybridized carbons (Fsp3) is 0.571. The molecule has 0 saturated carbocycles. The van der Waals surface area contributed by atoms with Gasteiger partial charge in [0.05, 0.1) is 0 Å². The van der Waals surface area contributed by atoms with Crippen LogP contribution in [0.3, 0.4) is 0 Å². The molecule has 0 amide bonds. The summed E-state index contributed by atoms with van der Waals surface area (Å²) in [5.74, 6) is 0. The van der Waals surface area contributed by atoms with Crippen molar-refractivity contribution < 1.29 is 0 Å². The lowest BCUT2D eigenvalue weighted by molar-refractivity contribution is 0.185. The van der Waals surface area contributed by atoms with E-state index in [0.717, 1.165) is 26.2 Å². The molecule has 2 rings (SSSR count). The van der Waals surface area contributed by atoms with E-state index < -0.39 is 0 Å².